The molecule has 0 aliphatic rings. The predicted octanol–water partition coefficient (Wildman–Crippen LogP) is 4.33. The van der Waals surface area contributed by atoms with Gasteiger partial charge in [0.2, 0.25) is 0 Å². The van der Waals surface area contributed by atoms with Crippen LogP contribution in [0.25, 0.3) is 0 Å². The first kappa shape index (κ1) is 15.6. The average molecular weight is 317 g/mol. The monoisotopic (exact) mass is 317 g/mol. The molecule has 0 bridgehead atoms. The summed E-state index contributed by atoms with van der Waals surface area (Å²) in [4.78, 5) is 18.6. The Morgan fingerprint density at radius 1 is 0.917 bits per heavy atom. The van der Waals surface area contributed by atoms with E-state index in [4.69, 9.17) is 0 Å². The molecule has 0 atom stereocenters. The third kappa shape index (κ3) is 4.10. The van der Waals surface area contributed by atoms with E-state index in [-0.39, 0.29) is 5.69 Å². The number of nitrogens with zero attached hydrogens (tertiary/aromatic N) is 3. The summed E-state index contributed by atoms with van der Waals surface area (Å²) in [7, 11) is 0. The molecular formula is C19H15N3O2. The lowest BCUT2D eigenvalue weighted by Gasteiger charge is -2.02. The standard InChI is InChI=1S/C19H15N3O2/c23-22(24)19-7-3-17(4-8-19)14-21-18-5-1-15(2-6-18)13-16-9-11-20-12-10-16/h1-12,14H,13H2. The average Bonchev–Trinajstić information content (AvgIpc) is 2.62. The van der Waals surface area contributed by atoms with Gasteiger partial charge in [-0.2, -0.15) is 0 Å². The summed E-state index contributed by atoms with van der Waals surface area (Å²) in [6, 6.07) is 18.3. The van der Waals surface area contributed by atoms with E-state index >= 15 is 0 Å². The molecule has 0 aliphatic carbocycles. The minimum atomic E-state index is -0.414. The summed E-state index contributed by atoms with van der Waals surface area (Å²) in [5.41, 5.74) is 4.16. The number of nitro benzene ring substituents is 1. The zero-order valence-corrected chi connectivity index (χ0v) is 12.9. The Balaban J connectivity index is 1.66. The van der Waals surface area contributed by atoms with Crippen molar-refractivity contribution in [1.82, 2.24) is 4.98 Å². The summed E-state index contributed by atoms with van der Waals surface area (Å²) in [5.74, 6) is 0. The summed E-state index contributed by atoms with van der Waals surface area (Å²) in [5, 5.41) is 10.6. The van der Waals surface area contributed by atoms with Crippen LogP contribution in [0.4, 0.5) is 11.4 Å². The number of aromatic nitrogens is 1. The number of hydrogen-bond donors (Lipinski definition) is 0. The van der Waals surface area contributed by atoms with Gasteiger partial charge < -0.3 is 0 Å². The maximum absolute atomic E-state index is 10.6. The third-order valence-electron chi connectivity index (χ3n) is 3.56. The SMILES string of the molecule is O=[N+]([O-])c1ccc(C=Nc2ccc(Cc3ccncc3)cc2)cc1. The van der Waals surface area contributed by atoms with Gasteiger partial charge in [-0.15, -0.1) is 0 Å². The lowest BCUT2D eigenvalue weighted by molar-refractivity contribution is -0.384. The Morgan fingerprint density at radius 3 is 2.17 bits per heavy atom. The number of aliphatic imine (C=N–C) groups is 1. The smallest absolute Gasteiger partial charge is 0.265 e. The van der Waals surface area contributed by atoms with Gasteiger partial charge in [0.15, 0.2) is 0 Å². The van der Waals surface area contributed by atoms with Crippen LogP contribution in [0.3, 0.4) is 0 Å². The van der Waals surface area contributed by atoms with Crippen molar-refractivity contribution in [1.29, 1.82) is 0 Å². The molecule has 0 radical (unpaired) electrons. The normalized spacial score (nSPS) is 10.8. The van der Waals surface area contributed by atoms with Gasteiger partial charge >= 0.3 is 0 Å². The lowest BCUT2D eigenvalue weighted by atomic mass is 10.1. The fraction of sp³-hybridized carbons (Fsp3) is 0.0526. The number of rotatable bonds is 5. The van der Waals surface area contributed by atoms with Crippen molar-refractivity contribution in [3.63, 3.8) is 0 Å². The third-order valence-corrected chi connectivity index (χ3v) is 3.56. The van der Waals surface area contributed by atoms with Crippen molar-refractivity contribution >= 4 is 17.6 Å². The first-order valence-corrected chi connectivity index (χ1v) is 7.47. The highest BCUT2D eigenvalue weighted by molar-refractivity contribution is 5.82. The summed E-state index contributed by atoms with van der Waals surface area (Å²) in [6.45, 7) is 0. The number of hydrogen-bond acceptors (Lipinski definition) is 4. The molecule has 0 N–H and O–H groups in total. The molecule has 0 saturated heterocycles. The van der Waals surface area contributed by atoms with Gasteiger partial charge in [-0.05, 0) is 59.5 Å². The van der Waals surface area contributed by atoms with Gasteiger partial charge in [0.25, 0.3) is 5.69 Å². The van der Waals surface area contributed by atoms with Crippen molar-refractivity contribution < 1.29 is 4.92 Å². The fourth-order valence-corrected chi connectivity index (χ4v) is 2.27. The molecule has 2 aromatic carbocycles. The number of pyridine rings is 1. The fourth-order valence-electron chi connectivity index (χ4n) is 2.27. The van der Waals surface area contributed by atoms with Crippen LogP contribution in [0.5, 0.6) is 0 Å². The number of nitro groups is 1. The van der Waals surface area contributed by atoms with E-state index in [1.165, 1.54) is 23.3 Å². The highest BCUT2D eigenvalue weighted by Gasteiger charge is 2.02. The second kappa shape index (κ2) is 7.28. The molecule has 1 aromatic heterocycles. The molecular weight excluding hydrogens is 302 g/mol. The van der Waals surface area contributed by atoms with Gasteiger partial charge in [0, 0.05) is 30.7 Å². The van der Waals surface area contributed by atoms with E-state index in [1.54, 1.807) is 30.7 Å². The predicted molar refractivity (Wildman–Crippen MR) is 93.8 cm³/mol. The van der Waals surface area contributed by atoms with Crippen LogP contribution < -0.4 is 0 Å². The van der Waals surface area contributed by atoms with E-state index in [9.17, 15) is 10.1 Å². The zero-order valence-electron chi connectivity index (χ0n) is 12.9. The summed E-state index contributed by atoms with van der Waals surface area (Å²) >= 11 is 0. The van der Waals surface area contributed by atoms with Crippen molar-refractivity contribution in [2.75, 3.05) is 0 Å². The van der Waals surface area contributed by atoms with Crippen LogP contribution in [0.2, 0.25) is 0 Å². The van der Waals surface area contributed by atoms with Gasteiger partial charge in [0.05, 0.1) is 10.6 Å². The quantitative estimate of drug-likeness (QED) is 0.399. The lowest BCUT2D eigenvalue weighted by Crippen LogP contribution is -1.88. The molecule has 0 fully saturated rings. The van der Waals surface area contributed by atoms with E-state index < -0.39 is 4.92 Å². The number of benzene rings is 2. The van der Waals surface area contributed by atoms with Crippen molar-refractivity contribution in [2.45, 2.75) is 6.42 Å². The molecule has 5 heteroatoms. The maximum atomic E-state index is 10.6. The molecule has 0 unspecified atom stereocenters. The molecule has 0 aliphatic heterocycles. The molecule has 3 rings (SSSR count). The Hall–Kier alpha value is -3.34. The minimum Gasteiger partial charge on any atom is -0.265 e. The summed E-state index contributed by atoms with van der Waals surface area (Å²) < 4.78 is 0. The van der Waals surface area contributed by atoms with Gasteiger partial charge in [-0.3, -0.25) is 20.1 Å². The van der Waals surface area contributed by atoms with Crippen LogP contribution in [0.1, 0.15) is 16.7 Å². The van der Waals surface area contributed by atoms with E-state index in [1.807, 2.05) is 36.4 Å². The molecule has 0 spiro atoms. The molecule has 0 saturated carbocycles. The largest absolute Gasteiger partial charge is 0.269 e. The molecule has 0 amide bonds. The van der Waals surface area contributed by atoms with Crippen LogP contribution >= 0.6 is 0 Å². The summed E-state index contributed by atoms with van der Waals surface area (Å²) in [6.07, 6.45) is 6.13. The zero-order chi connectivity index (χ0) is 16.8. The van der Waals surface area contributed by atoms with E-state index in [2.05, 4.69) is 9.98 Å². The second-order valence-electron chi connectivity index (χ2n) is 5.31. The van der Waals surface area contributed by atoms with Crippen LogP contribution in [0, 0.1) is 10.1 Å². The Kier molecular flexibility index (Phi) is 4.72. The molecule has 5 nitrogen and oxygen atoms in total. The second-order valence-corrected chi connectivity index (χ2v) is 5.31. The first-order chi connectivity index (χ1) is 11.7. The van der Waals surface area contributed by atoms with E-state index in [0.717, 1.165) is 17.7 Å². The van der Waals surface area contributed by atoms with Crippen molar-refractivity contribution in [3.8, 4) is 0 Å². The van der Waals surface area contributed by atoms with Gasteiger partial charge in [0.1, 0.15) is 0 Å². The molecule has 3 aromatic rings. The molecule has 24 heavy (non-hydrogen) atoms. The van der Waals surface area contributed by atoms with E-state index in [0.29, 0.717) is 0 Å². The minimum absolute atomic E-state index is 0.0765. The topological polar surface area (TPSA) is 68.4 Å². The Labute approximate surface area is 139 Å². The number of non-ortho nitro benzene ring substituents is 1. The van der Waals surface area contributed by atoms with Gasteiger partial charge in [-0.1, -0.05) is 12.1 Å². The Morgan fingerprint density at radius 2 is 1.54 bits per heavy atom. The Bertz CT molecular complexity index is 842. The highest BCUT2D eigenvalue weighted by Crippen LogP contribution is 2.16. The molecule has 118 valence electrons. The maximum Gasteiger partial charge on any atom is 0.269 e. The highest BCUT2D eigenvalue weighted by atomic mass is 16.6. The van der Waals surface area contributed by atoms with Crippen molar-refractivity contribution in [2.24, 2.45) is 4.99 Å². The van der Waals surface area contributed by atoms with Crippen molar-refractivity contribution in [3.05, 3.63) is 99.9 Å². The van der Waals surface area contributed by atoms with Crippen LogP contribution in [-0.4, -0.2) is 16.1 Å². The van der Waals surface area contributed by atoms with Gasteiger partial charge in [-0.25, -0.2) is 0 Å². The molecule has 1 heterocycles. The first-order valence-electron chi connectivity index (χ1n) is 7.47. The van der Waals surface area contributed by atoms with Crippen LogP contribution in [0.15, 0.2) is 78.0 Å². The van der Waals surface area contributed by atoms with Crippen LogP contribution in [-0.2, 0) is 6.42 Å².